The van der Waals surface area contributed by atoms with E-state index in [1.165, 1.54) is 0 Å². The monoisotopic (exact) mass is 302 g/mol. The summed E-state index contributed by atoms with van der Waals surface area (Å²) >= 11 is 0. The molecule has 122 valence electrons. The number of nitriles is 1. The second-order valence-corrected chi connectivity index (χ2v) is 13.9. The van der Waals surface area contributed by atoms with E-state index in [1.807, 2.05) is 0 Å². The fraction of sp³-hybridized carbons (Fsp3) is 0.941. The van der Waals surface area contributed by atoms with Gasteiger partial charge in [0.25, 0.3) is 0 Å². The van der Waals surface area contributed by atoms with Gasteiger partial charge in [-0.15, -0.1) is 0 Å². The summed E-state index contributed by atoms with van der Waals surface area (Å²) in [5.41, 5.74) is 0. The van der Waals surface area contributed by atoms with Crippen molar-refractivity contribution < 1.29 is 0 Å². The summed E-state index contributed by atoms with van der Waals surface area (Å²) in [6, 6.07) is 0. The summed E-state index contributed by atoms with van der Waals surface area (Å²) < 4.78 is 0. The van der Waals surface area contributed by atoms with Gasteiger partial charge in [0, 0.05) is 0 Å². The van der Waals surface area contributed by atoms with Crippen LogP contribution >= 0.6 is 8.48 Å². The SMILES string of the molecule is CCCCS(N)(C#N)(CCCC)(CCCC)CCCC. The molecule has 0 bridgehead atoms. The van der Waals surface area contributed by atoms with Gasteiger partial charge in [-0.25, -0.2) is 0 Å². The summed E-state index contributed by atoms with van der Waals surface area (Å²) in [5, 5.41) is 20.4. The average Bonchev–Trinajstić information content (AvgIpc) is 2.49. The lowest BCUT2D eigenvalue weighted by atomic mass is 10.4. The highest BCUT2D eigenvalue weighted by atomic mass is 32.4. The molecule has 0 aliphatic carbocycles. The Labute approximate surface area is 126 Å². The lowest BCUT2D eigenvalue weighted by Gasteiger charge is -2.72. The number of nitrogens with two attached hydrogens (primary N) is 1. The molecule has 0 rings (SSSR count). The minimum atomic E-state index is -3.04. The summed E-state index contributed by atoms with van der Waals surface area (Å²) in [5.74, 6) is 3.92. The van der Waals surface area contributed by atoms with E-state index >= 15 is 0 Å². The first kappa shape index (κ1) is 19.8. The Morgan fingerprint density at radius 2 is 0.950 bits per heavy atom. The van der Waals surface area contributed by atoms with Gasteiger partial charge >= 0.3 is 0 Å². The smallest absolute Gasteiger partial charge is 0.110 e. The number of thiocyanates is 1. The molecule has 0 heterocycles. The molecule has 0 amide bonds. The molecule has 2 N–H and O–H groups in total. The second kappa shape index (κ2) is 7.71. The molecule has 0 saturated carbocycles. The maximum absolute atomic E-state index is 10.3. The molecule has 3 heteroatoms. The Hall–Kier alpha value is -0.200. The molecule has 0 aliphatic heterocycles. The van der Waals surface area contributed by atoms with Crippen LogP contribution in [0.4, 0.5) is 0 Å². The zero-order valence-corrected chi connectivity index (χ0v) is 15.2. The maximum atomic E-state index is 10.3. The van der Waals surface area contributed by atoms with Gasteiger partial charge in [-0.2, -0.15) is 13.7 Å². The Balaban J connectivity index is 5.62. The third-order valence-corrected chi connectivity index (χ3v) is 11.9. The molecule has 0 saturated heterocycles. The Kier molecular flexibility index (Phi) is 7.63. The predicted molar refractivity (Wildman–Crippen MR) is 96.5 cm³/mol. The van der Waals surface area contributed by atoms with Crippen molar-refractivity contribution in [2.45, 2.75) is 79.1 Å². The summed E-state index contributed by atoms with van der Waals surface area (Å²) in [6.45, 7) is 8.85. The Morgan fingerprint density at radius 3 is 1.10 bits per heavy atom. The van der Waals surface area contributed by atoms with Crippen LogP contribution in [0.2, 0.25) is 0 Å². The average molecular weight is 303 g/mol. The minimum Gasteiger partial charge on any atom is -0.297 e. The number of hydrogen-bond acceptors (Lipinski definition) is 2. The molecule has 0 fully saturated rings. The van der Waals surface area contributed by atoms with Crippen LogP contribution in [-0.4, -0.2) is 23.0 Å². The first-order valence-electron chi connectivity index (χ1n) is 8.65. The highest BCUT2D eigenvalue weighted by Gasteiger charge is 2.54. The molecule has 0 atom stereocenters. The molecule has 0 aromatic heterocycles. The van der Waals surface area contributed by atoms with Gasteiger partial charge in [0.1, 0.15) is 5.40 Å². The highest BCUT2D eigenvalue weighted by molar-refractivity contribution is 8.66. The first-order valence-corrected chi connectivity index (χ1v) is 11.8. The maximum Gasteiger partial charge on any atom is 0.110 e. The molecule has 20 heavy (non-hydrogen) atoms. The third-order valence-electron chi connectivity index (χ3n) is 4.91. The van der Waals surface area contributed by atoms with Crippen molar-refractivity contribution in [2.24, 2.45) is 5.14 Å². The lowest BCUT2D eigenvalue weighted by Crippen LogP contribution is -2.54. The molecule has 0 spiro atoms. The largest absolute Gasteiger partial charge is 0.297 e. The van der Waals surface area contributed by atoms with E-state index in [0.29, 0.717) is 0 Å². The van der Waals surface area contributed by atoms with Crippen LogP contribution in [0.25, 0.3) is 0 Å². The summed E-state index contributed by atoms with van der Waals surface area (Å²) in [4.78, 5) is 0. The number of rotatable bonds is 12. The van der Waals surface area contributed by atoms with Crippen molar-refractivity contribution in [1.82, 2.24) is 0 Å². The van der Waals surface area contributed by atoms with Crippen LogP contribution in [0, 0.1) is 10.7 Å². The van der Waals surface area contributed by atoms with Gasteiger partial charge in [0.05, 0.1) is 0 Å². The van der Waals surface area contributed by atoms with Gasteiger partial charge in [0.15, 0.2) is 0 Å². The molecule has 0 aromatic rings. The lowest BCUT2D eigenvalue weighted by molar-refractivity contribution is 0.805. The molecule has 0 radical (unpaired) electrons. The molecule has 0 aliphatic rings. The Morgan fingerprint density at radius 1 is 0.700 bits per heavy atom. The molecular formula is C17H38N2S. The van der Waals surface area contributed by atoms with E-state index in [-0.39, 0.29) is 0 Å². The van der Waals surface area contributed by atoms with Gasteiger partial charge in [-0.1, -0.05) is 53.4 Å². The quantitative estimate of drug-likeness (QED) is 0.489. The summed E-state index contributed by atoms with van der Waals surface area (Å²) in [7, 11) is -3.04. The third kappa shape index (κ3) is 4.67. The van der Waals surface area contributed by atoms with Gasteiger partial charge in [0.2, 0.25) is 0 Å². The van der Waals surface area contributed by atoms with E-state index in [9.17, 15) is 5.26 Å². The Bertz CT molecular complexity index is 283. The predicted octanol–water partition coefficient (Wildman–Crippen LogP) is 5.42. The standard InChI is InChI=1S/C17H38N2S/c1-5-9-13-20(19,17-18,14-10-6-2,15-11-7-3)16-12-8-4/h5-16,19H2,1-4H3. The van der Waals surface area contributed by atoms with Crippen molar-refractivity contribution in [3.8, 4) is 5.40 Å². The highest BCUT2D eigenvalue weighted by Crippen LogP contribution is 2.83. The number of nitrogens with zero attached hydrogens (tertiary/aromatic N) is 1. The number of unbranched alkanes of at least 4 members (excludes halogenated alkanes) is 4. The van der Waals surface area contributed by atoms with E-state index in [2.05, 4.69) is 33.1 Å². The minimum absolute atomic E-state index is 0.979. The molecule has 0 aromatic carbocycles. The normalized spacial score (nSPS) is 15.4. The van der Waals surface area contributed by atoms with Crippen LogP contribution in [0.3, 0.4) is 0 Å². The van der Waals surface area contributed by atoms with Crippen LogP contribution in [-0.2, 0) is 0 Å². The van der Waals surface area contributed by atoms with Gasteiger partial charge in [-0.3, -0.25) is 5.14 Å². The van der Waals surface area contributed by atoms with Crippen molar-refractivity contribution in [2.75, 3.05) is 23.0 Å². The molecule has 2 nitrogen and oxygen atoms in total. The zero-order valence-electron chi connectivity index (χ0n) is 14.4. The second-order valence-electron chi connectivity index (χ2n) is 6.91. The van der Waals surface area contributed by atoms with Crippen molar-refractivity contribution in [3.05, 3.63) is 0 Å². The van der Waals surface area contributed by atoms with Crippen molar-refractivity contribution in [1.29, 1.82) is 5.26 Å². The summed E-state index contributed by atoms with van der Waals surface area (Å²) in [6.07, 6.45) is 9.02. The fourth-order valence-corrected chi connectivity index (χ4v) is 9.66. The van der Waals surface area contributed by atoms with Gasteiger partial charge < -0.3 is 0 Å². The fourth-order valence-electron chi connectivity index (χ4n) is 3.22. The molecular weight excluding hydrogens is 264 g/mol. The van der Waals surface area contributed by atoms with Crippen LogP contribution in [0.5, 0.6) is 0 Å². The van der Waals surface area contributed by atoms with Crippen LogP contribution in [0.1, 0.15) is 79.1 Å². The van der Waals surface area contributed by atoms with Crippen molar-refractivity contribution in [3.63, 3.8) is 0 Å². The number of hydrogen-bond donors (Lipinski definition) is 1. The van der Waals surface area contributed by atoms with Crippen molar-refractivity contribution >= 4 is 8.48 Å². The van der Waals surface area contributed by atoms with E-state index in [4.69, 9.17) is 5.14 Å². The molecule has 0 unspecified atom stereocenters. The van der Waals surface area contributed by atoms with E-state index in [1.54, 1.807) is 0 Å². The first-order chi connectivity index (χ1) is 9.39. The zero-order chi connectivity index (χ0) is 15.6. The van der Waals surface area contributed by atoms with Crippen LogP contribution < -0.4 is 5.14 Å². The van der Waals surface area contributed by atoms with E-state index < -0.39 is 8.48 Å². The van der Waals surface area contributed by atoms with Crippen LogP contribution in [0.15, 0.2) is 0 Å². The van der Waals surface area contributed by atoms with E-state index in [0.717, 1.165) is 74.4 Å². The topological polar surface area (TPSA) is 49.8 Å². The van der Waals surface area contributed by atoms with Gasteiger partial charge in [-0.05, 0) is 48.7 Å².